The van der Waals surface area contributed by atoms with Crippen molar-refractivity contribution in [2.45, 2.75) is 38.1 Å². The second-order valence-corrected chi connectivity index (χ2v) is 5.65. The van der Waals surface area contributed by atoms with Gasteiger partial charge in [0, 0.05) is 10.0 Å². The van der Waals surface area contributed by atoms with E-state index in [9.17, 15) is 0 Å². The molecule has 82 valence electrons. The van der Waals surface area contributed by atoms with Crippen LogP contribution in [0.4, 0.5) is 0 Å². The molecule has 1 nitrogen and oxygen atoms in total. The molecule has 2 N–H and O–H groups in total. The topological polar surface area (TPSA) is 26.0 Å². The minimum Gasteiger partial charge on any atom is -0.325 e. The maximum Gasteiger partial charge on any atom is 0.0227 e. The van der Waals surface area contributed by atoms with Gasteiger partial charge >= 0.3 is 0 Å². The smallest absolute Gasteiger partial charge is 0.0227 e. The van der Waals surface area contributed by atoms with Crippen molar-refractivity contribution in [3.05, 3.63) is 34.3 Å². The zero-order chi connectivity index (χ0) is 10.9. The van der Waals surface area contributed by atoms with E-state index in [-0.39, 0.29) is 5.54 Å². The molecule has 2 rings (SSSR count). The van der Waals surface area contributed by atoms with Crippen LogP contribution in [0.15, 0.2) is 28.7 Å². The van der Waals surface area contributed by atoms with Crippen molar-refractivity contribution in [2.75, 3.05) is 0 Å². The van der Waals surface area contributed by atoms with Crippen molar-refractivity contribution in [3.8, 4) is 0 Å². The van der Waals surface area contributed by atoms with Crippen LogP contribution in [0.25, 0.3) is 0 Å². The number of halogens is 1. The lowest BCUT2D eigenvalue weighted by molar-refractivity contribution is 0.556. The third-order valence-electron chi connectivity index (χ3n) is 3.34. The quantitative estimate of drug-likeness (QED) is 0.888. The van der Waals surface area contributed by atoms with E-state index in [0.29, 0.717) is 0 Å². The van der Waals surface area contributed by atoms with Crippen LogP contribution in [-0.4, -0.2) is 5.54 Å². The Hall–Kier alpha value is -0.340. The average Bonchev–Trinajstić information content (AvgIpc) is 2.76. The summed E-state index contributed by atoms with van der Waals surface area (Å²) in [5.74, 6) is 0.751. The van der Waals surface area contributed by atoms with Gasteiger partial charge in [-0.25, -0.2) is 0 Å². The second kappa shape index (κ2) is 4.26. The van der Waals surface area contributed by atoms with E-state index in [1.807, 2.05) is 0 Å². The number of hydrogen-bond acceptors (Lipinski definition) is 1. The van der Waals surface area contributed by atoms with Crippen LogP contribution >= 0.6 is 15.9 Å². The Bertz CT molecular complexity index is 350. The molecule has 1 fully saturated rings. The number of nitrogens with two attached hydrogens (primary N) is 1. The Morgan fingerprint density at radius 1 is 1.53 bits per heavy atom. The summed E-state index contributed by atoms with van der Waals surface area (Å²) in [4.78, 5) is 0. The molecule has 2 unspecified atom stereocenters. The molecule has 1 aromatic carbocycles. The van der Waals surface area contributed by atoms with Crippen LogP contribution in [0, 0.1) is 5.92 Å². The average molecular weight is 268 g/mol. The fraction of sp³-hybridized carbons (Fsp3) is 0.538. The van der Waals surface area contributed by atoms with Crippen molar-refractivity contribution >= 4 is 15.9 Å². The summed E-state index contributed by atoms with van der Waals surface area (Å²) in [6.45, 7) is 2.23. The standard InChI is InChI=1S/C13H18BrN/c1-2-4-11-9-13(11,15)8-10-5-3-6-12(14)7-10/h3,5-7,11H,2,4,8-9,15H2,1H3. The summed E-state index contributed by atoms with van der Waals surface area (Å²) in [6.07, 6.45) is 4.76. The van der Waals surface area contributed by atoms with E-state index < -0.39 is 0 Å². The van der Waals surface area contributed by atoms with E-state index in [0.717, 1.165) is 16.8 Å². The summed E-state index contributed by atoms with van der Waals surface area (Å²) < 4.78 is 1.15. The predicted molar refractivity (Wildman–Crippen MR) is 67.8 cm³/mol. The van der Waals surface area contributed by atoms with Crippen LogP contribution in [0.5, 0.6) is 0 Å². The van der Waals surface area contributed by atoms with Gasteiger partial charge in [-0.05, 0) is 42.9 Å². The zero-order valence-electron chi connectivity index (χ0n) is 9.17. The summed E-state index contributed by atoms with van der Waals surface area (Å²) in [7, 11) is 0. The lowest BCUT2D eigenvalue weighted by Crippen LogP contribution is -2.27. The molecule has 1 saturated carbocycles. The van der Waals surface area contributed by atoms with E-state index in [2.05, 4.69) is 47.1 Å². The van der Waals surface area contributed by atoms with Gasteiger partial charge in [-0.2, -0.15) is 0 Å². The predicted octanol–water partition coefficient (Wildman–Crippen LogP) is 3.51. The minimum atomic E-state index is 0.0941. The van der Waals surface area contributed by atoms with E-state index in [1.165, 1.54) is 24.8 Å². The molecule has 0 spiro atoms. The number of hydrogen-bond donors (Lipinski definition) is 1. The molecule has 0 aliphatic heterocycles. The highest BCUT2D eigenvalue weighted by molar-refractivity contribution is 9.10. The number of rotatable bonds is 4. The minimum absolute atomic E-state index is 0.0941. The molecule has 0 aromatic heterocycles. The molecule has 0 bridgehead atoms. The zero-order valence-corrected chi connectivity index (χ0v) is 10.8. The fourth-order valence-electron chi connectivity index (χ4n) is 2.38. The lowest BCUT2D eigenvalue weighted by atomic mass is 10.0. The van der Waals surface area contributed by atoms with Gasteiger partial charge in [-0.3, -0.25) is 0 Å². The third-order valence-corrected chi connectivity index (χ3v) is 3.83. The maximum absolute atomic E-state index is 6.34. The maximum atomic E-state index is 6.34. The monoisotopic (exact) mass is 267 g/mol. The van der Waals surface area contributed by atoms with Crippen LogP contribution in [0.3, 0.4) is 0 Å². The molecule has 2 heteroatoms. The lowest BCUT2D eigenvalue weighted by Gasteiger charge is -2.11. The van der Waals surface area contributed by atoms with Gasteiger partial charge in [0.2, 0.25) is 0 Å². The molecule has 0 radical (unpaired) electrons. The molecular weight excluding hydrogens is 250 g/mol. The normalized spacial score (nSPS) is 29.1. The SMILES string of the molecule is CCCC1CC1(N)Cc1cccc(Br)c1. The van der Waals surface area contributed by atoms with Crippen molar-refractivity contribution in [1.82, 2.24) is 0 Å². The van der Waals surface area contributed by atoms with Crippen molar-refractivity contribution in [3.63, 3.8) is 0 Å². The molecule has 2 atom stereocenters. The largest absolute Gasteiger partial charge is 0.325 e. The van der Waals surface area contributed by atoms with Gasteiger partial charge in [0.25, 0.3) is 0 Å². The molecule has 15 heavy (non-hydrogen) atoms. The van der Waals surface area contributed by atoms with Gasteiger partial charge in [-0.15, -0.1) is 0 Å². The summed E-state index contributed by atoms with van der Waals surface area (Å²) in [6, 6.07) is 8.49. The Labute approximate surface area is 100 Å². The Morgan fingerprint density at radius 2 is 2.33 bits per heavy atom. The Balaban J connectivity index is 1.98. The molecule has 1 aliphatic rings. The van der Waals surface area contributed by atoms with Crippen LogP contribution in [0.1, 0.15) is 31.7 Å². The van der Waals surface area contributed by atoms with Crippen molar-refractivity contribution in [2.24, 2.45) is 11.7 Å². The van der Waals surface area contributed by atoms with E-state index >= 15 is 0 Å². The first kappa shape index (κ1) is 11.2. The third kappa shape index (κ3) is 2.61. The highest BCUT2D eigenvalue weighted by Crippen LogP contribution is 2.46. The summed E-state index contributed by atoms with van der Waals surface area (Å²) >= 11 is 3.50. The first-order valence-electron chi connectivity index (χ1n) is 5.67. The van der Waals surface area contributed by atoms with Crippen molar-refractivity contribution < 1.29 is 0 Å². The second-order valence-electron chi connectivity index (χ2n) is 4.73. The Morgan fingerprint density at radius 3 is 3.00 bits per heavy atom. The molecule has 1 aromatic rings. The fourth-order valence-corrected chi connectivity index (χ4v) is 2.83. The van der Waals surface area contributed by atoms with Gasteiger partial charge in [0.1, 0.15) is 0 Å². The van der Waals surface area contributed by atoms with E-state index in [1.54, 1.807) is 0 Å². The molecule has 1 aliphatic carbocycles. The van der Waals surface area contributed by atoms with E-state index in [4.69, 9.17) is 5.73 Å². The van der Waals surface area contributed by atoms with Gasteiger partial charge in [0.15, 0.2) is 0 Å². The van der Waals surface area contributed by atoms with Crippen LogP contribution in [-0.2, 0) is 6.42 Å². The van der Waals surface area contributed by atoms with Gasteiger partial charge in [-0.1, -0.05) is 41.4 Å². The Kier molecular flexibility index (Phi) is 3.17. The molecule has 0 amide bonds. The first-order chi connectivity index (χ1) is 7.14. The first-order valence-corrected chi connectivity index (χ1v) is 6.46. The van der Waals surface area contributed by atoms with Gasteiger partial charge in [0.05, 0.1) is 0 Å². The summed E-state index contributed by atoms with van der Waals surface area (Å²) in [5.41, 5.74) is 7.79. The van der Waals surface area contributed by atoms with Crippen LogP contribution < -0.4 is 5.73 Å². The summed E-state index contributed by atoms with van der Waals surface area (Å²) in [5, 5.41) is 0. The molecular formula is C13H18BrN. The van der Waals surface area contributed by atoms with Gasteiger partial charge < -0.3 is 5.73 Å². The van der Waals surface area contributed by atoms with Crippen LogP contribution in [0.2, 0.25) is 0 Å². The highest BCUT2D eigenvalue weighted by Gasteiger charge is 2.49. The molecule has 0 saturated heterocycles. The number of benzene rings is 1. The molecule has 0 heterocycles. The van der Waals surface area contributed by atoms with Crippen molar-refractivity contribution in [1.29, 1.82) is 0 Å². The highest BCUT2D eigenvalue weighted by atomic mass is 79.9.